The molecule has 0 radical (unpaired) electrons. The maximum atomic E-state index is 3.85. The molecule has 2 aromatic rings. The van der Waals surface area contributed by atoms with Crippen LogP contribution in [0.25, 0.3) is 0 Å². The summed E-state index contributed by atoms with van der Waals surface area (Å²) in [5.41, 5.74) is 2.70. The molecule has 1 heterocycles. The van der Waals surface area contributed by atoms with Crippen molar-refractivity contribution in [2.24, 2.45) is 11.8 Å². The molecule has 2 fully saturated rings. The molecule has 0 aromatic heterocycles. The molecule has 2 unspecified atom stereocenters. The zero-order chi connectivity index (χ0) is 16.4. The average Bonchev–Trinajstić information content (AvgIpc) is 2.58. The third kappa shape index (κ3) is 3.68. The molecule has 2 bridgehead atoms. The highest BCUT2D eigenvalue weighted by Gasteiger charge is 2.39. The molecule has 1 N–H and O–H groups in total. The summed E-state index contributed by atoms with van der Waals surface area (Å²) in [7, 11) is 0. The molecule has 1 saturated carbocycles. The maximum Gasteiger partial charge on any atom is 0.0343 e. The van der Waals surface area contributed by atoms with E-state index in [1.54, 1.807) is 0 Å². The fourth-order valence-electron chi connectivity index (χ4n) is 4.48. The number of piperidine rings is 1. The monoisotopic (exact) mass is 384 g/mol. The average molecular weight is 385 g/mol. The van der Waals surface area contributed by atoms with Crippen molar-refractivity contribution in [1.82, 2.24) is 4.90 Å². The number of anilines is 1. The van der Waals surface area contributed by atoms with Gasteiger partial charge >= 0.3 is 0 Å². The van der Waals surface area contributed by atoms with E-state index in [-0.39, 0.29) is 0 Å². The van der Waals surface area contributed by atoms with E-state index in [2.05, 4.69) is 80.7 Å². The molecule has 3 heteroatoms. The Kier molecular flexibility index (Phi) is 4.91. The number of hydrogen-bond donors (Lipinski definition) is 1. The number of nitrogens with one attached hydrogen (secondary N) is 1. The number of hydrogen-bond acceptors (Lipinski definition) is 2. The van der Waals surface area contributed by atoms with Gasteiger partial charge < -0.3 is 5.32 Å². The summed E-state index contributed by atoms with van der Waals surface area (Å²) in [6.45, 7) is 3.54. The summed E-state index contributed by atoms with van der Waals surface area (Å²) < 4.78 is 1.14. The van der Waals surface area contributed by atoms with Crippen LogP contribution >= 0.6 is 15.9 Å². The minimum Gasteiger partial charge on any atom is -0.382 e. The molecule has 126 valence electrons. The van der Waals surface area contributed by atoms with Crippen molar-refractivity contribution in [2.45, 2.75) is 31.8 Å². The third-order valence-electron chi connectivity index (χ3n) is 5.58. The van der Waals surface area contributed by atoms with Gasteiger partial charge in [-0.3, -0.25) is 4.90 Å². The summed E-state index contributed by atoms with van der Waals surface area (Å²) in [5.74, 6) is 1.54. The normalized spacial score (nSPS) is 27.0. The van der Waals surface area contributed by atoms with E-state index >= 15 is 0 Å². The number of benzene rings is 2. The van der Waals surface area contributed by atoms with Crippen molar-refractivity contribution in [2.75, 3.05) is 18.4 Å². The molecular formula is C21H25BrN2. The standard InChI is InChI=1S/C21H25BrN2/c22-19-9-11-20(12-10-19)23-21-17-7-4-8-18(21)15-24(14-17)13-16-5-2-1-3-6-16/h1-3,5-6,9-12,17-18,21,23H,4,7-8,13-15H2. The summed E-state index contributed by atoms with van der Waals surface area (Å²) in [4.78, 5) is 2.67. The first kappa shape index (κ1) is 16.2. The van der Waals surface area contributed by atoms with Crippen molar-refractivity contribution in [3.05, 3.63) is 64.6 Å². The highest BCUT2D eigenvalue weighted by molar-refractivity contribution is 9.10. The lowest BCUT2D eigenvalue weighted by atomic mass is 9.73. The van der Waals surface area contributed by atoms with Crippen LogP contribution in [0.4, 0.5) is 5.69 Å². The van der Waals surface area contributed by atoms with Gasteiger partial charge in [-0.25, -0.2) is 0 Å². The second kappa shape index (κ2) is 7.28. The van der Waals surface area contributed by atoms with Gasteiger partial charge in [-0.2, -0.15) is 0 Å². The Morgan fingerprint density at radius 1 is 0.917 bits per heavy atom. The first-order valence-corrected chi connectivity index (χ1v) is 9.85. The molecule has 1 saturated heterocycles. The van der Waals surface area contributed by atoms with Gasteiger partial charge in [0.15, 0.2) is 0 Å². The predicted octanol–water partition coefficient (Wildman–Crippen LogP) is 5.16. The minimum absolute atomic E-state index is 0.631. The van der Waals surface area contributed by atoms with E-state index in [0.717, 1.165) is 22.9 Å². The lowest BCUT2D eigenvalue weighted by molar-refractivity contribution is 0.0670. The molecule has 1 aliphatic heterocycles. The fourth-order valence-corrected chi connectivity index (χ4v) is 4.74. The summed E-state index contributed by atoms with van der Waals surface area (Å²) >= 11 is 3.52. The van der Waals surface area contributed by atoms with Gasteiger partial charge in [0.05, 0.1) is 0 Å². The Morgan fingerprint density at radius 3 is 2.25 bits per heavy atom. The van der Waals surface area contributed by atoms with Crippen LogP contribution in [0.3, 0.4) is 0 Å². The van der Waals surface area contributed by atoms with Gasteiger partial charge in [-0.1, -0.05) is 52.7 Å². The van der Waals surface area contributed by atoms with E-state index < -0.39 is 0 Å². The molecule has 2 atom stereocenters. The van der Waals surface area contributed by atoms with Crippen LogP contribution in [0.2, 0.25) is 0 Å². The van der Waals surface area contributed by atoms with Crippen molar-refractivity contribution >= 4 is 21.6 Å². The highest BCUT2D eigenvalue weighted by Crippen LogP contribution is 2.37. The smallest absolute Gasteiger partial charge is 0.0343 e. The van der Waals surface area contributed by atoms with Crippen LogP contribution in [0.5, 0.6) is 0 Å². The molecule has 2 aliphatic rings. The second-order valence-corrected chi connectivity index (χ2v) is 8.22. The highest BCUT2D eigenvalue weighted by atomic mass is 79.9. The van der Waals surface area contributed by atoms with Gasteiger partial charge in [0, 0.05) is 35.8 Å². The van der Waals surface area contributed by atoms with Crippen molar-refractivity contribution in [1.29, 1.82) is 0 Å². The van der Waals surface area contributed by atoms with Crippen LogP contribution in [-0.2, 0) is 6.54 Å². The Balaban J connectivity index is 1.44. The first-order valence-electron chi connectivity index (χ1n) is 9.06. The zero-order valence-corrected chi connectivity index (χ0v) is 15.6. The lowest BCUT2D eigenvalue weighted by Crippen LogP contribution is -2.54. The fraction of sp³-hybridized carbons (Fsp3) is 0.429. The van der Waals surface area contributed by atoms with Gasteiger partial charge in [-0.15, -0.1) is 0 Å². The van der Waals surface area contributed by atoms with Gasteiger partial charge in [-0.05, 0) is 54.5 Å². The second-order valence-electron chi connectivity index (χ2n) is 7.31. The van der Waals surface area contributed by atoms with E-state index in [1.165, 1.54) is 43.6 Å². The van der Waals surface area contributed by atoms with Crippen LogP contribution < -0.4 is 5.32 Å². The molecule has 4 rings (SSSR count). The summed E-state index contributed by atoms with van der Waals surface area (Å²) in [5, 5.41) is 3.85. The number of fused-ring (bicyclic) bond motifs is 2. The van der Waals surface area contributed by atoms with E-state index in [0.29, 0.717) is 6.04 Å². The largest absolute Gasteiger partial charge is 0.382 e. The maximum absolute atomic E-state index is 3.85. The minimum atomic E-state index is 0.631. The molecule has 24 heavy (non-hydrogen) atoms. The number of nitrogens with zero attached hydrogens (tertiary/aromatic N) is 1. The first-order chi connectivity index (χ1) is 11.8. The predicted molar refractivity (Wildman–Crippen MR) is 104 cm³/mol. The molecule has 1 aliphatic carbocycles. The molecule has 0 amide bonds. The van der Waals surface area contributed by atoms with Crippen LogP contribution in [0, 0.1) is 11.8 Å². The van der Waals surface area contributed by atoms with Crippen LogP contribution in [0.1, 0.15) is 24.8 Å². The molecule has 2 aromatic carbocycles. The topological polar surface area (TPSA) is 15.3 Å². The van der Waals surface area contributed by atoms with Crippen molar-refractivity contribution in [3.8, 4) is 0 Å². The Morgan fingerprint density at radius 2 is 1.58 bits per heavy atom. The number of likely N-dealkylation sites (tertiary alicyclic amines) is 1. The lowest BCUT2D eigenvalue weighted by Gasteiger charge is -2.48. The number of rotatable bonds is 4. The Hall–Kier alpha value is -1.32. The molecule has 0 spiro atoms. The van der Waals surface area contributed by atoms with Gasteiger partial charge in [0.25, 0.3) is 0 Å². The third-order valence-corrected chi connectivity index (χ3v) is 6.11. The quantitative estimate of drug-likeness (QED) is 0.782. The van der Waals surface area contributed by atoms with Gasteiger partial charge in [0.2, 0.25) is 0 Å². The Bertz CT molecular complexity index is 641. The van der Waals surface area contributed by atoms with Crippen LogP contribution in [0.15, 0.2) is 59.1 Å². The number of halogens is 1. The zero-order valence-electron chi connectivity index (χ0n) is 14.0. The van der Waals surface area contributed by atoms with Gasteiger partial charge in [0.1, 0.15) is 0 Å². The Labute approximate surface area is 153 Å². The SMILES string of the molecule is Brc1ccc(NC2C3CCCC2CN(Cc2ccccc2)C3)cc1. The van der Waals surface area contributed by atoms with E-state index in [4.69, 9.17) is 0 Å². The molecule has 2 nitrogen and oxygen atoms in total. The van der Waals surface area contributed by atoms with Crippen molar-refractivity contribution in [3.63, 3.8) is 0 Å². The summed E-state index contributed by atoms with van der Waals surface area (Å²) in [6.07, 6.45) is 4.11. The molecular weight excluding hydrogens is 360 g/mol. The summed E-state index contributed by atoms with van der Waals surface area (Å²) in [6, 6.07) is 20.2. The van der Waals surface area contributed by atoms with E-state index in [1.807, 2.05) is 0 Å². The van der Waals surface area contributed by atoms with Crippen LogP contribution in [-0.4, -0.2) is 24.0 Å². The van der Waals surface area contributed by atoms with Crippen molar-refractivity contribution < 1.29 is 0 Å². The van der Waals surface area contributed by atoms with E-state index in [9.17, 15) is 0 Å².